The molecule has 1 aromatic rings. The molecule has 3 rings (SSSR count). The first-order valence-electron chi connectivity index (χ1n) is 12.4. The highest BCUT2D eigenvalue weighted by Gasteiger charge is 2.36. The van der Waals surface area contributed by atoms with Crippen LogP contribution in [0.2, 0.25) is 0 Å². The summed E-state index contributed by atoms with van der Waals surface area (Å²) in [6.07, 6.45) is 0.793. The molecule has 1 saturated heterocycles. The van der Waals surface area contributed by atoms with Crippen LogP contribution in [0.15, 0.2) is 18.2 Å². The maximum absolute atomic E-state index is 13.1. The lowest BCUT2D eigenvalue weighted by Gasteiger charge is -2.32. The summed E-state index contributed by atoms with van der Waals surface area (Å²) in [6, 6.07) is 4.70. The van der Waals surface area contributed by atoms with Crippen LogP contribution in [0.5, 0.6) is 0 Å². The molecule has 0 aromatic heterocycles. The van der Waals surface area contributed by atoms with Crippen molar-refractivity contribution in [2.45, 2.75) is 53.1 Å². The van der Waals surface area contributed by atoms with Gasteiger partial charge >= 0.3 is 6.09 Å². The number of likely N-dealkylation sites (tertiary alicyclic amines) is 1. The van der Waals surface area contributed by atoms with E-state index in [0.717, 1.165) is 12.8 Å². The van der Waals surface area contributed by atoms with Gasteiger partial charge in [-0.1, -0.05) is 13.8 Å². The van der Waals surface area contributed by atoms with Gasteiger partial charge < -0.3 is 20.3 Å². The Kier molecular flexibility index (Phi) is 8.37. The van der Waals surface area contributed by atoms with E-state index in [9.17, 15) is 24.0 Å². The van der Waals surface area contributed by atoms with Gasteiger partial charge in [0.25, 0.3) is 17.7 Å². The van der Waals surface area contributed by atoms with E-state index in [2.05, 4.69) is 10.6 Å². The molecular formula is C26H36N4O6. The van der Waals surface area contributed by atoms with E-state index < -0.39 is 11.7 Å². The quantitative estimate of drug-likeness (QED) is 0.554. The van der Waals surface area contributed by atoms with Crippen LogP contribution in [0, 0.1) is 11.8 Å². The van der Waals surface area contributed by atoms with Crippen LogP contribution >= 0.6 is 0 Å². The fourth-order valence-corrected chi connectivity index (χ4v) is 4.26. The number of nitrogens with one attached hydrogen (secondary N) is 2. The molecule has 2 aliphatic rings. The maximum Gasteiger partial charge on any atom is 0.408 e. The van der Waals surface area contributed by atoms with Gasteiger partial charge in [-0.25, -0.2) is 4.79 Å². The molecule has 0 aliphatic carbocycles. The Bertz CT molecular complexity index is 1040. The molecule has 0 unspecified atom stereocenters. The monoisotopic (exact) mass is 500 g/mol. The Hall–Kier alpha value is -3.43. The summed E-state index contributed by atoms with van der Waals surface area (Å²) < 4.78 is 5.10. The minimum absolute atomic E-state index is 0.153. The molecule has 10 heteroatoms. The molecule has 196 valence electrons. The molecule has 10 nitrogen and oxygen atoms in total. The number of rotatable bonds is 7. The van der Waals surface area contributed by atoms with Crippen molar-refractivity contribution in [3.63, 3.8) is 0 Å². The van der Waals surface area contributed by atoms with Crippen molar-refractivity contribution in [1.29, 1.82) is 0 Å². The first-order valence-corrected chi connectivity index (χ1v) is 12.4. The zero-order valence-electron chi connectivity index (χ0n) is 21.7. The number of piperidine rings is 1. The number of benzene rings is 1. The third-order valence-electron chi connectivity index (χ3n) is 6.05. The number of carbonyl (C=O) groups is 5. The zero-order valence-corrected chi connectivity index (χ0v) is 21.7. The van der Waals surface area contributed by atoms with Crippen molar-refractivity contribution in [3.05, 3.63) is 34.9 Å². The smallest absolute Gasteiger partial charge is 0.408 e. The molecular weight excluding hydrogens is 464 g/mol. The largest absolute Gasteiger partial charge is 0.444 e. The van der Waals surface area contributed by atoms with E-state index in [1.807, 2.05) is 13.8 Å². The fourth-order valence-electron chi connectivity index (χ4n) is 4.26. The van der Waals surface area contributed by atoms with Gasteiger partial charge in [0.2, 0.25) is 5.91 Å². The Morgan fingerprint density at radius 2 is 1.67 bits per heavy atom. The lowest BCUT2D eigenvalue weighted by molar-refractivity contribution is -0.120. The highest BCUT2D eigenvalue weighted by atomic mass is 16.6. The van der Waals surface area contributed by atoms with Crippen LogP contribution < -0.4 is 10.6 Å². The second-order valence-corrected chi connectivity index (χ2v) is 10.8. The van der Waals surface area contributed by atoms with Crippen molar-refractivity contribution in [2.75, 3.05) is 32.7 Å². The summed E-state index contributed by atoms with van der Waals surface area (Å²) >= 11 is 0. The molecule has 0 spiro atoms. The van der Waals surface area contributed by atoms with E-state index in [-0.39, 0.29) is 47.6 Å². The SMILES string of the molecule is CC(C)CN1C(=O)c2ccc(C(=O)N3CCC(CNC(=O)CNC(=O)OC(C)(C)C)CC3)cc2C1=O. The van der Waals surface area contributed by atoms with Crippen molar-refractivity contribution in [3.8, 4) is 0 Å². The van der Waals surface area contributed by atoms with E-state index in [0.29, 0.717) is 37.3 Å². The molecule has 2 aliphatic heterocycles. The molecule has 36 heavy (non-hydrogen) atoms. The normalized spacial score (nSPS) is 16.3. The van der Waals surface area contributed by atoms with E-state index in [4.69, 9.17) is 4.74 Å². The molecule has 0 saturated carbocycles. The summed E-state index contributed by atoms with van der Waals surface area (Å²) in [5.41, 5.74) is 0.380. The topological polar surface area (TPSA) is 125 Å². The second kappa shape index (κ2) is 11.1. The molecule has 2 heterocycles. The van der Waals surface area contributed by atoms with Gasteiger partial charge in [0.05, 0.1) is 17.7 Å². The summed E-state index contributed by atoms with van der Waals surface area (Å²) in [5.74, 6) is -0.780. The highest BCUT2D eigenvalue weighted by molar-refractivity contribution is 6.22. The summed E-state index contributed by atoms with van der Waals surface area (Å²) in [5, 5.41) is 5.24. The number of carbonyl (C=O) groups excluding carboxylic acids is 5. The predicted molar refractivity (Wildman–Crippen MR) is 133 cm³/mol. The first-order chi connectivity index (χ1) is 16.9. The van der Waals surface area contributed by atoms with Gasteiger partial charge in [-0.3, -0.25) is 24.1 Å². The third-order valence-corrected chi connectivity index (χ3v) is 6.05. The molecule has 0 radical (unpaired) electrons. The number of hydrogen-bond acceptors (Lipinski definition) is 6. The van der Waals surface area contributed by atoms with Crippen LogP contribution in [0.25, 0.3) is 0 Å². The number of alkyl carbamates (subject to hydrolysis) is 1. The third kappa shape index (κ3) is 6.83. The molecule has 5 amide bonds. The lowest BCUT2D eigenvalue weighted by Crippen LogP contribution is -2.44. The summed E-state index contributed by atoms with van der Waals surface area (Å²) in [4.78, 5) is 65.0. The second-order valence-electron chi connectivity index (χ2n) is 10.8. The van der Waals surface area contributed by atoms with Gasteiger partial charge in [0.1, 0.15) is 5.60 Å². The molecule has 0 bridgehead atoms. The van der Waals surface area contributed by atoms with Gasteiger partial charge in [-0.15, -0.1) is 0 Å². The van der Waals surface area contributed by atoms with Gasteiger partial charge in [-0.05, 0) is 63.6 Å². The van der Waals surface area contributed by atoms with Gasteiger partial charge in [0, 0.05) is 31.7 Å². The van der Waals surface area contributed by atoms with Crippen LogP contribution in [-0.4, -0.2) is 77.8 Å². The van der Waals surface area contributed by atoms with Crippen LogP contribution in [0.4, 0.5) is 4.79 Å². The number of imide groups is 1. The zero-order chi connectivity index (χ0) is 26.6. The van der Waals surface area contributed by atoms with Gasteiger partial charge in [0.15, 0.2) is 0 Å². The standard InChI is InChI=1S/C26H36N4O6/c1-16(2)15-30-23(33)19-7-6-18(12-20(19)24(30)34)22(32)29-10-8-17(9-11-29)13-27-21(31)14-28-25(35)36-26(3,4)5/h6-7,12,16-17H,8-11,13-15H2,1-5H3,(H,27,31)(H,28,35). The Morgan fingerprint density at radius 1 is 1.03 bits per heavy atom. The predicted octanol–water partition coefficient (Wildman–Crippen LogP) is 2.43. The fraction of sp³-hybridized carbons (Fsp3) is 0.577. The first kappa shape index (κ1) is 27.2. The summed E-state index contributed by atoms with van der Waals surface area (Å²) in [6.45, 7) is 10.8. The average molecular weight is 501 g/mol. The molecule has 1 fully saturated rings. The van der Waals surface area contributed by atoms with E-state index in [1.165, 1.54) is 11.0 Å². The highest BCUT2D eigenvalue weighted by Crippen LogP contribution is 2.26. The van der Waals surface area contributed by atoms with Crippen molar-refractivity contribution >= 4 is 29.7 Å². The van der Waals surface area contributed by atoms with Crippen molar-refractivity contribution < 1.29 is 28.7 Å². The number of hydrogen-bond donors (Lipinski definition) is 2. The Morgan fingerprint density at radius 3 is 2.28 bits per heavy atom. The van der Waals surface area contributed by atoms with Crippen LogP contribution in [0.1, 0.15) is 78.5 Å². The average Bonchev–Trinajstić information content (AvgIpc) is 3.04. The number of nitrogens with zero attached hydrogens (tertiary/aromatic N) is 2. The summed E-state index contributed by atoms with van der Waals surface area (Å²) in [7, 11) is 0. The number of fused-ring (bicyclic) bond motifs is 1. The minimum atomic E-state index is -0.644. The van der Waals surface area contributed by atoms with Gasteiger partial charge in [-0.2, -0.15) is 0 Å². The maximum atomic E-state index is 13.1. The number of amides is 5. The molecule has 0 atom stereocenters. The molecule has 1 aromatic carbocycles. The number of ether oxygens (including phenoxy) is 1. The molecule has 2 N–H and O–H groups in total. The van der Waals surface area contributed by atoms with E-state index in [1.54, 1.807) is 37.8 Å². The van der Waals surface area contributed by atoms with Crippen molar-refractivity contribution in [1.82, 2.24) is 20.4 Å². The Balaban J connectivity index is 1.47. The minimum Gasteiger partial charge on any atom is -0.444 e. The van der Waals surface area contributed by atoms with Crippen molar-refractivity contribution in [2.24, 2.45) is 11.8 Å². The van der Waals surface area contributed by atoms with E-state index >= 15 is 0 Å². The van der Waals surface area contributed by atoms with Crippen LogP contribution in [0.3, 0.4) is 0 Å². The lowest BCUT2D eigenvalue weighted by atomic mass is 9.96. The Labute approximate surface area is 211 Å². The van der Waals surface area contributed by atoms with Crippen LogP contribution in [-0.2, 0) is 9.53 Å².